The molecule has 1 saturated heterocycles. The molecule has 1 aliphatic heterocycles. The summed E-state index contributed by atoms with van der Waals surface area (Å²) in [6, 6.07) is 4.15. The summed E-state index contributed by atoms with van der Waals surface area (Å²) in [5.41, 5.74) is 6.89. The van der Waals surface area contributed by atoms with E-state index in [1.54, 1.807) is 12.3 Å². The maximum absolute atomic E-state index is 8.71. The first-order chi connectivity index (χ1) is 7.79. The van der Waals surface area contributed by atoms with Crippen LogP contribution in [0.4, 0.5) is 11.5 Å². The number of nitrogen functional groups attached to an aromatic ring is 1. The van der Waals surface area contributed by atoms with Crippen LogP contribution in [0.25, 0.3) is 0 Å². The molecule has 2 heterocycles. The summed E-state index contributed by atoms with van der Waals surface area (Å²) < 4.78 is 0. The lowest BCUT2D eigenvalue weighted by Crippen LogP contribution is -2.25. The molecule has 1 aromatic rings. The largest absolute Gasteiger partial charge is 0.396 e. The van der Waals surface area contributed by atoms with E-state index in [1.807, 2.05) is 17.8 Å². The fraction of sp³-hybridized carbons (Fsp3) is 0.455. The molecule has 84 valence electrons. The van der Waals surface area contributed by atoms with Crippen LogP contribution in [0.1, 0.15) is 18.4 Å². The highest BCUT2D eigenvalue weighted by Crippen LogP contribution is 2.23. The van der Waals surface area contributed by atoms with Gasteiger partial charge in [-0.2, -0.15) is 17.0 Å². The van der Waals surface area contributed by atoms with Crippen molar-refractivity contribution in [2.75, 3.05) is 22.6 Å². The van der Waals surface area contributed by atoms with Crippen molar-refractivity contribution in [2.45, 2.75) is 18.9 Å². The van der Waals surface area contributed by atoms with Gasteiger partial charge in [-0.15, -0.1) is 0 Å². The lowest BCUT2D eigenvalue weighted by atomic mass is 10.1. The van der Waals surface area contributed by atoms with E-state index in [9.17, 15) is 0 Å². The highest BCUT2D eigenvalue weighted by molar-refractivity contribution is 7.99. The second kappa shape index (κ2) is 5.08. The monoisotopic (exact) mass is 234 g/mol. The Hall–Kier alpha value is -1.41. The zero-order valence-electron chi connectivity index (χ0n) is 8.94. The number of rotatable bonds is 2. The van der Waals surface area contributed by atoms with E-state index in [1.165, 1.54) is 11.5 Å². The number of nitrogens with zero attached hydrogens (tertiary/aromatic N) is 2. The van der Waals surface area contributed by atoms with E-state index in [0.717, 1.165) is 12.8 Å². The van der Waals surface area contributed by atoms with Crippen molar-refractivity contribution in [3.63, 3.8) is 0 Å². The number of nitriles is 1. The molecule has 0 aromatic carbocycles. The van der Waals surface area contributed by atoms with Crippen LogP contribution in [-0.2, 0) is 0 Å². The Morgan fingerprint density at radius 3 is 2.88 bits per heavy atom. The summed E-state index contributed by atoms with van der Waals surface area (Å²) >= 11 is 1.98. The van der Waals surface area contributed by atoms with Crippen LogP contribution in [0.2, 0.25) is 0 Å². The Bertz CT molecular complexity index is 407. The average Bonchev–Trinajstić information content (AvgIpc) is 2.33. The molecule has 0 aliphatic carbocycles. The minimum absolute atomic E-state index is 0.462. The molecule has 5 heteroatoms. The molecule has 0 unspecified atom stereocenters. The van der Waals surface area contributed by atoms with Gasteiger partial charge in [0.15, 0.2) is 0 Å². The SMILES string of the molecule is N#Cc1cnc(NC2CCSCC2)c(N)c1. The van der Waals surface area contributed by atoms with E-state index in [4.69, 9.17) is 11.0 Å². The molecule has 4 nitrogen and oxygen atoms in total. The number of anilines is 2. The van der Waals surface area contributed by atoms with E-state index in [2.05, 4.69) is 10.3 Å². The van der Waals surface area contributed by atoms with Gasteiger partial charge in [-0.1, -0.05) is 0 Å². The molecule has 0 saturated carbocycles. The number of hydrogen-bond donors (Lipinski definition) is 2. The highest BCUT2D eigenvalue weighted by atomic mass is 32.2. The summed E-state index contributed by atoms with van der Waals surface area (Å²) in [4.78, 5) is 4.18. The molecule has 0 bridgehead atoms. The van der Waals surface area contributed by atoms with Crippen molar-refractivity contribution in [2.24, 2.45) is 0 Å². The van der Waals surface area contributed by atoms with Crippen LogP contribution in [0, 0.1) is 11.3 Å². The third-order valence-corrected chi connectivity index (χ3v) is 3.66. The fourth-order valence-electron chi connectivity index (χ4n) is 1.70. The molecule has 1 fully saturated rings. The third-order valence-electron chi connectivity index (χ3n) is 2.61. The van der Waals surface area contributed by atoms with Crippen LogP contribution in [0.15, 0.2) is 12.3 Å². The van der Waals surface area contributed by atoms with Gasteiger partial charge < -0.3 is 11.1 Å². The van der Waals surface area contributed by atoms with E-state index < -0.39 is 0 Å². The van der Waals surface area contributed by atoms with Gasteiger partial charge in [0.1, 0.15) is 11.9 Å². The number of pyridine rings is 1. The summed E-state index contributed by atoms with van der Waals surface area (Å²) in [6.45, 7) is 0. The van der Waals surface area contributed by atoms with Crippen molar-refractivity contribution in [1.29, 1.82) is 5.26 Å². The van der Waals surface area contributed by atoms with Crippen LogP contribution in [-0.4, -0.2) is 22.5 Å². The van der Waals surface area contributed by atoms with Crippen molar-refractivity contribution in [3.8, 4) is 6.07 Å². The van der Waals surface area contributed by atoms with Crippen LogP contribution >= 0.6 is 11.8 Å². The molecule has 0 spiro atoms. The molecule has 16 heavy (non-hydrogen) atoms. The van der Waals surface area contributed by atoms with Gasteiger partial charge in [0.25, 0.3) is 0 Å². The van der Waals surface area contributed by atoms with Crippen molar-refractivity contribution in [1.82, 2.24) is 4.98 Å². The van der Waals surface area contributed by atoms with E-state index >= 15 is 0 Å². The summed E-state index contributed by atoms with van der Waals surface area (Å²) in [6.07, 6.45) is 3.84. The quantitative estimate of drug-likeness (QED) is 0.816. The second-order valence-corrected chi connectivity index (χ2v) is 5.03. The smallest absolute Gasteiger partial charge is 0.149 e. The summed E-state index contributed by atoms with van der Waals surface area (Å²) in [5.74, 6) is 3.08. The van der Waals surface area contributed by atoms with Gasteiger partial charge in [-0.25, -0.2) is 4.98 Å². The Morgan fingerprint density at radius 2 is 2.25 bits per heavy atom. The average molecular weight is 234 g/mol. The number of thioether (sulfide) groups is 1. The zero-order chi connectivity index (χ0) is 11.4. The van der Waals surface area contributed by atoms with Crippen LogP contribution in [0.3, 0.4) is 0 Å². The second-order valence-electron chi connectivity index (χ2n) is 3.80. The first-order valence-corrected chi connectivity index (χ1v) is 6.45. The third kappa shape index (κ3) is 2.58. The Morgan fingerprint density at radius 1 is 1.50 bits per heavy atom. The maximum Gasteiger partial charge on any atom is 0.149 e. The van der Waals surface area contributed by atoms with E-state index in [0.29, 0.717) is 23.1 Å². The van der Waals surface area contributed by atoms with E-state index in [-0.39, 0.29) is 0 Å². The number of nitrogens with two attached hydrogens (primary N) is 1. The molecule has 1 aromatic heterocycles. The summed E-state index contributed by atoms with van der Waals surface area (Å²) in [7, 11) is 0. The van der Waals surface area contributed by atoms with Crippen molar-refractivity contribution < 1.29 is 0 Å². The van der Waals surface area contributed by atoms with Gasteiger partial charge >= 0.3 is 0 Å². The molecule has 0 atom stereocenters. The van der Waals surface area contributed by atoms with Gasteiger partial charge in [0.05, 0.1) is 11.3 Å². The number of hydrogen-bond acceptors (Lipinski definition) is 5. The minimum atomic E-state index is 0.462. The predicted molar refractivity (Wildman–Crippen MR) is 67.3 cm³/mol. The van der Waals surface area contributed by atoms with Crippen LogP contribution in [0.5, 0.6) is 0 Å². The maximum atomic E-state index is 8.71. The highest BCUT2D eigenvalue weighted by Gasteiger charge is 2.14. The van der Waals surface area contributed by atoms with Gasteiger partial charge in [0.2, 0.25) is 0 Å². The van der Waals surface area contributed by atoms with Crippen LogP contribution < -0.4 is 11.1 Å². The zero-order valence-corrected chi connectivity index (χ0v) is 9.76. The molecule has 1 aliphatic rings. The number of nitrogens with one attached hydrogen (secondary N) is 1. The normalized spacial score (nSPS) is 16.7. The Kier molecular flexibility index (Phi) is 3.52. The molecule has 2 rings (SSSR count). The molecule has 0 amide bonds. The fourth-order valence-corrected chi connectivity index (χ4v) is 2.81. The Balaban J connectivity index is 2.06. The van der Waals surface area contributed by atoms with Gasteiger partial charge in [-0.3, -0.25) is 0 Å². The molecule has 3 N–H and O–H groups in total. The lowest BCUT2D eigenvalue weighted by molar-refractivity contribution is 0.664. The standard InChI is InChI=1S/C11H14N4S/c12-6-8-5-10(13)11(14-7-8)15-9-1-3-16-4-2-9/h5,7,9H,1-4,13H2,(H,14,15). The molecular weight excluding hydrogens is 220 g/mol. The topological polar surface area (TPSA) is 74.7 Å². The van der Waals surface area contributed by atoms with Gasteiger partial charge in [0, 0.05) is 12.2 Å². The summed E-state index contributed by atoms with van der Waals surface area (Å²) in [5, 5.41) is 12.0. The van der Waals surface area contributed by atoms with Gasteiger partial charge in [-0.05, 0) is 30.4 Å². The van der Waals surface area contributed by atoms with Crippen molar-refractivity contribution in [3.05, 3.63) is 17.8 Å². The molecular formula is C11H14N4S. The number of aromatic nitrogens is 1. The first kappa shape index (κ1) is 11.1. The molecule has 0 radical (unpaired) electrons. The minimum Gasteiger partial charge on any atom is -0.396 e. The van der Waals surface area contributed by atoms with Crippen molar-refractivity contribution >= 4 is 23.3 Å². The lowest BCUT2D eigenvalue weighted by Gasteiger charge is -2.23. The Labute approximate surface area is 99.2 Å². The first-order valence-electron chi connectivity index (χ1n) is 5.29. The predicted octanol–water partition coefficient (Wildman–Crippen LogP) is 1.84.